The number of para-hydroxylation sites is 1. The zero-order chi connectivity index (χ0) is 30.7. The molecule has 0 radical (unpaired) electrons. The van der Waals surface area contributed by atoms with Crippen LogP contribution in [0.25, 0.3) is 33.7 Å². The Hall–Kier alpha value is -4.02. The molecule has 1 aromatic carbocycles. The van der Waals surface area contributed by atoms with Crippen molar-refractivity contribution in [2.45, 2.75) is 47.0 Å². The van der Waals surface area contributed by atoms with Crippen LogP contribution in [-0.2, 0) is 12.8 Å². The molecule has 3 aromatic heterocycles. The van der Waals surface area contributed by atoms with Crippen molar-refractivity contribution in [3.05, 3.63) is 91.8 Å². The van der Waals surface area contributed by atoms with Crippen LogP contribution in [0.3, 0.4) is 0 Å². The maximum atomic E-state index is 14.6. The lowest BCUT2D eigenvalue weighted by Crippen LogP contribution is -2.47. The van der Waals surface area contributed by atoms with E-state index in [4.69, 9.17) is 4.98 Å². The zero-order valence-corrected chi connectivity index (χ0v) is 25.6. The molecule has 0 spiro atoms. The molecule has 1 amide bonds. The second-order valence-corrected chi connectivity index (χ2v) is 11.6. The fourth-order valence-electron chi connectivity index (χ4n) is 5.33. The highest BCUT2D eigenvalue weighted by Crippen LogP contribution is 2.32. The number of carbonyl (C=O) groups excluding carboxylic acids is 1. The number of hydrogen-bond donors (Lipinski definition) is 1. The van der Waals surface area contributed by atoms with E-state index in [9.17, 15) is 18.4 Å². The summed E-state index contributed by atoms with van der Waals surface area (Å²) in [4.78, 5) is 39.5. The Bertz CT molecular complexity index is 1690. The molecular formula is C33H35F2N5O2S. The van der Waals surface area contributed by atoms with Gasteiger partial charge in [-0.2, -0.15) is 0 Å². The van der Waals surface area contributed by atoms with E-state index in [-0.39, 0.29) is 17.0 Å². The molecule has 0 aliphatic carbocycles. The van der Waals surface area contributed by atoms with Crippen LogP contribution in [-0.4, -0.2) is 51.5 Å². The molecule has 1 saturated heterocycles. The Labute approximate surface area is 253 Å². The van der Waals surface area contributed by atoms with Crippen LogP contribution in [0, 0.1) is 0 Å². The number of thiazole rings is 1. The summed E-state index contributed by atoms with van der Waals surface area (Å²) < 4.78 is 27.9. The average molecular weight is 604 g/mol. The number of nitrogens with one attached hydrogen (secondary N) is 1. The smallest absolute Gasteiger partial charge is 0.265 e. The van der Waals surface area contributed by atoms with E-state index in [2.05, 4.69) is 24.1 Å². The molecule has 43 heavy (non-hydrogen) atoms. The SMILES string of the molecule is CCc1cccc(CC)c1-n1c(C=C(C)C)c(C(=O)N2CCNCC2)cc(-c2nc(-c3ccc(C(F)F)cn3)cs2)c1=O. The predicted molar refractivity (Wildman–Crippen MR) is 168 cm³/mol. The Morgan fingerprint density at radius 1 is 1.07 bits per heavy atom. The van der Waals surface area contributed by atoms with Crippen LogP contribution in [0.5, 0.6) is 0 Å². The third-order valence-corrected chi connectivity index (χ3v) is 8.40. The van der Waals surface area contributed by atoms with Gasteiger partial charge in [-0.15, -0.1) is 11.3 Å². The van der Waals surface area contributed by atoms with Crippen LogP contribution in [0.2, 0.25) is 0 Å². The second-order valence-electron chi connectivity index (χ2n) is 10.7. The first kappa shape index (κ1) is 30.4. The zero-order valence-electron chi connectivity index (χ0n) is 24.8. The van der Waals surface area contributed by atoms with Crippen molar-refractivity contribution in [3.8, 4) is 27.6 Å². The third-order valence-electron chi connectivity index (χ3n) is 7.52. The van der Waals surface area contributed by atoms with Gasteiger partial charge in [0.05, 0.1) is 28.2 Å². The quantitative estimate of drug-likeness (QED) is 0.247. The van der Waals surface area contributed by atoms with Crippen molar-refractivity contribution >= 4 is 23.3 Å². The van der Waals surface area contributed by atoms with E-state index >= 15 is 0 Å². The van der Waals surface area contributed by atoms with Crippen molar-refractivity contribution in [2.75, 3.05) is 26.2 Å². The largest absolute Gasteiger partial charge is 0.336 e. The summed E-state index contributed by atoms with van der Waals surface area (Å²) in [5.41, 5.74) is 5.49. The molecule has 0 bridgehead atoms. The van der Waals surface area contributed by atoms with Gasteiger partial charge in [-0.1, -0.05) is 37.6 Å². The lowest BCUT2D eigenvalue weighted by Gasteiger charge is -2.29. The highest BCUT2D eigenvalue weighted by molar-refractivity contribution is 7.13. The number of amides is 1. The van der Waals surface area contributed by atoms with Crippen LogP contribution in [0.15, 0.2) is 58.3 Å². The van der Waals surface area contributed by atoms with Gasteiger partial charge in [-0.25, -0.2) is 13.8 Å². The molecule has 0 saturated carbocycles. The molecule has 7 nitrogen and oxygen atoms in total. The van der Waals surface area contributed by atoms with Crippen molar-refractivity contribution in [1.29, 1.82) is 0 Å². The van der Waals surface area contributed by atoms with Crippen LogP contribution in [0.4, 0.5) is 8.78 Å². The number of allylic oxidation sites excluding steroid dienone is 1. The molecule has 1 aliphatic heterocycles. The fraction of sp³-hybridized carbons (Fsp3) is 0.333. The lowest BCUT2D eigenvalue weighted by molar-refractivity contribution is 0.0735. The topological polar surface area (TPSA) is 80.1 Å². The van der Waals surface area contributed by atoms with Gasteiger partial charge in [0.2, 0.25) is 0 Å². The van der Waals surface area contributed by atoms with Crippen LogP contribution in [0.1, 0.15) is 66.9 Å². The number of aromatic nitrogens is 3. The molecule has 4 heterocycles. The molecule has 0 unspecified atom stereocenters. The van der Waals surface area contributed by atoms with E-state index in [0.717, 1.165) is 28.6 Å². The number of alkyl halides is 2. The van der Waals surface area contributed by atoms with Gasteiger partial charge in [-0.05, 0) is 62.1 Å². The van der Waals surface area contributed by atoms with Crippen molar-refractivity contribution < 1.29 is 13.6 Å². The molecular weight excluding hydrogens is 568 g/mol. The van der Waals surface area contributed by atoms with Gasteiger partial charge in [0, 0.05) is 43.3 Å². The Balaban J connectivity index is 1.78. The molecule has 4 aromatic rings. The summed E-state index contributed by atoms with van der Waals surface area (Å²) in [6.07, 6.45) is 1.84. The highest BCUT2D eigenvalue weighted by atomic mass is 32.1. The number of carbonyl (C=O) groups is 1. The minimum absolute atomic E-state index is 0.142. The Morgan fingerprint density at radius 3 is 2.35 bits per heavy atom. The first-order valence-corrected chi connectivity index (χ1v) is 15.4. The fourth-order valence-corrected chi connectivity index (χ4v) is 6.16. The summed E-state index contributed by atoms with van der Waals surface area (Å²) in [6.45, 7) is 10.5. The van der Waals surface area contributed by atoms with E-state index in [1.54, 1.807) is 16.0 Å². The average Bonchev–Trinajstić information content (AvgIpc) is 3.51. The maximum Gasteiger partial charge on any atom is 0.265 e. The Morgan fingerprint density at radius 2 is 1.77 bits per heavy atom. The standard InChI is InChI=1S/C33H35F2N5O2S/c1-5-21-8-7-9-22(6-2)29(21)40-28(16-20(3)4)24(32(41)39-14-12-36-13-15-39)17-25(33(40)42)31-38-27(19-43-31)26-11-10-23(18-37-26)30(34)35/h7-11,16-19,30,36H,5-6,12-15H2,1-4H3. The Kier molecular flexibility index (Phi) is 9.27. The second kappa shape index (κ2) is 13.1. The van der Waals surface area contributed by atoms with Gasteiger partial charge < -0.3 is 10.2 Å². The van der Waals surface area contributed by atoms with E-state index in [1.165, 1.54) is 23.5 Å². The first-order chi connectivity index (χ1) is 20.7. The summed E-state index contributed by atoms with van der Waals surface area (Å²) in [6, 6.07) is 10.5. The summed E-state index contributed by atoms with van der Waals surface area (Å²) >= 11 is 1.26. The van der Waals surface area contributed by atoms with E-state index in [0.29, 0.717) is 72.2 Å². The molecule has 1 N–H and O–H groups in total. The number of piperazine rings is 1. The van der Waals surface area contributed by atoms with Crippen LogP contribution >= 0.6 is 11.3 Å². The minimum atomic E-state index is -2.61. The van der Waals surface area contributed by atoms with Crippen LogP contribution < -0.4 is 10.9 Å². The van der Waals surface area contributed by atoms with Gasteiger partial charge >= 0.3 is 0 Å². The number of nitrogens with zero attached hydrogens (tertiary/aromatic N) is 4. The number of pyridine rings is 2. The number of rotatable bonds is 8. The van der Waals surface area contributed by atoms with Gasteiger partial charge in [0.1, 0.15) is 10.7 Å². The molecule has 10 heteroatoms. The molecule has 1 aliphatic rings. The van der Waals surface area contributed by atoms with E-state index in [1.807, 2.05) is 43.0 Å². The highest BCUT2D eigenvalue weighted by Gasteiger charge is 2.27. The summed E-state index contributed by atoms with van der Waals surface area (Å²) in [5.74, 6) is -0.142. The summed E-state index contributed by atoms with van der Waals surface area (Å²) in [5, 5.41) is 5.47. The molecule has 0 atom stereocenters. The number of benzene rings is 1. The lowest BCUT2D eigenvalue weighted by atomic mass is 9.99. The first-order valence-electron chi connectivity index (χ1n) is 14.5. The van der Waals surface area contributed by atoms with Gasteiger partial charge in [-0.3, -0.25) is 19.1 Å². The number of aryl methyl sites for hydroxylation is 2. The third kappa shape index (κ3) is 6.21. The van der Waals surface area contributed by atoms with Gasteiger partial charge in [0.25, 0.3) is 17.9 Å². The van der Waals surface area contributed by atoms with Crippen molar-refractivity contribution in [3.63, 3.8) is 0 Å². The molecule has 1 fully saturated rings. The number of hydrogen-bond acceptors (Lipinski definition) is 6. The normalized spacial score (nSPS) is 13.4. The monoisotopic (exact) mass is 603 g/mol. The number of halogens is 2. The maximum absolute atomic E-state index is 14.6. The van der Waals surface area contributed by atoms with E-state index < -0.39 is 6.43 Å². The van der Waals surface area contributed by atoms with Crippen molar-refractivity contribution in [1.82, 2.24) is 24.8 Å². The van der Waals surface area contributed by atoms with Gasteiger partial charge in [0.15, 0.2) is 0 Å². The summed E-state index contributed by atoms with van der Waals surface area (Å²) in [7, 11) is 0. The predicted octanol–water partition coefficient (Wildman–Crippen LogP) is 6.55. The molecule has 5 rings (SSSR count). The molecule has 224 valence electrons. The van der Waals surface area contributed by atoms with Crippen molar-refractivity contribution in [2.24, 2.45) is 0 Å². The minimum Gasteiger partial charge on any atom is -0.336 e.